The molecule has 1 atom stereocenters. The number of carbonyl (C=O) groups is 1. The fraction of sp³-hybridized carbons (Fsp3) is 0.500. The van der Waals surface area contributed by atoms with Crippen molar-refractivity contribution in [1.29, 1.82) is 0 Å². The molecule has 2 rings (SSSR count). The average molecular weight is 271 g/mol. The second-order valence-corrected chi connectivity index (χ2v) is 5.01. The van der Waals surface area contributed by atoms with Gasteiger partial charge in [-0.05, 0) is 30.9 Å². The number of amides is 1. The first-order valence-electron chi connectivity index (χ1n) is 6.46. The van der Waals surface area contributed by atoms with Gasteiger partial charge in [0.25, 0.3) is 5.91 Å². The summed E-state index contributed by atoms with van der Waals surface area (Å²) in [5, 5.41) is 2.73. The van der Waals surface area contributed by atoms with Gasteiger partial charge in [0.2, 0.25) is 0 Å². The van der Waals surface area contributed by atoms with Crippen LogP contribution in [0.5, 0.6) is 0 Å². The lowest BCUT2D eigenvalue weighted by Crippen LogP contribution is -2.34. The van der Waals surface area contributed by atoms with Crippen LogP contribution in [0.25, 0.3) is 0 Å². The van der Waals surface area contributed by atoms with E-state index in [-0.39, 0.29) is 11.6 Å². The van der Waals surface area contributed by atoms with E-state index in [1.54, 1.807) is 0 Å². The van der Waals surface area contributed by atoms with E-state index in [2.05, 4.69) is 5.32 Å². The third-order valence-electron chi connectivity index (χ3n) is 3.39. The van der Waals surface area contributed by atoms with Gasteiger partial charge in [-0.1, -0.05) is 19.8 Å². The monoisotopic (exact) mass is 271 g/mol. The lowest BCUT2D eigenvalue weighted by atomic mass is 10.1. The van der Waals surface area contributed by atoms with Crippen molar-refractivity contribution in [1.82, 2.24) is 5.32 Å². The summed E-state index contributed by atoms with van der Waals surface area (Å²) < 4.78 is 38.9. The Morgan fingerprint density at radius 3 is 2.37 bits per heavy atom. The van der Waals surface area contributed by atoms with E-state index in [1.165, 1.54) is 12.8 Å². The minimum Gasteiger partial charge on any atom is -0.349 e. The summed E-state index contributed by atoms with van der Waals surface area (Å²) in [4.78, 5) is 11.9. The third kappa shape index (κ3) is 3.49. The van der Waals surface area contributed by atoms with Crippen LogP contribution in [0.2, 0.25) is 0 Å². The van der Waals surface area contributed by atoms with Gasteiger partial charge in [-0.2, -0.15) is 0 Å². The predicted octanol–water partition coefficient (Wildman–Crippen LogP) is 3.41. The molecule has 1 aliphatic carbocycles. The van der Waals surface area contributed by atoms with Gasteiger partial charge in [0.05, 0.1) is 0 Å². The number of hydrogen-bond donors (Lipinski definition) is 1. The zero-order valence-corrected chi connectivity index (χ0v) is 10.7. The van der Waals surface area contributed by atoms with Crippen molar-refractivity contribution in [3.8, 4) is 0 Å². The Morgan fingerprint density at radius 2 is 1.89 bits per heavy atom. The van der Waals surface area contributed by atoms with Gasteiger partial charge >= 0.3 is 0 Å². The molecule has 19 heavy (non-hydrogen) atoms. The second-order valence-electron chi connectivity index (χ2n) is 5.01. The number of hydrogen-bond acceptors (Lipinski definition) is 1. The molecule has 1 amide bonds. The molecule has 1 fully saturated rings. The molecule has 0 aromatic heterocycles. The summed E-state index contributed by atoms with van der Waals surface area (Å²) in [6.07, 6.45) is 3.99. The topological polar surface area (TPSA) is 29.1 Å². The molecule has 1 N–H and O–H groups in total. The standard InChI is InChI=1S/C14H16F3NO/c1-2-10(5-8-3-4-8)18-14(19)9-6-11(15)13(17)12(16)7-9/h6-8,10H,2-5H2,1H3,(H,18,19). The van der Waals surface area contributed by atoms with E-state index in [0.717, 1.165) is 25.0 Å². The van der Waals surface area contributed by atoms with Gasteiger partial charge in [-0.25, -0.2) is 13.2 Å². The average Bonchev–Trinajstić information content (AvgIpc) is 3.18. The van der Waals surface area contributed by atoms with Crippen LogP contribution in [0.15, 0.2) is 12.1 Å². The molecule has 5 heteroatoms. The summed E-state index contributed by atoms with van der Waals surface area (Å²) in [5.74, 6) is -4.17. The number of rotatable bonds is 5. The van der Waals surface area contributed by atoms with Crippen molar-refractivity contribution in [3.63, 3.8) is 0 Å². The molecule has 0 aliphatic heterocycles. The van der Waals surface area contributed by atoms with E-state index in [9.17, 15) is 18.0 Å². The Morgan fingerprint density at radius 1 is 1.32 bits per heavy atom. The van der Waals surface area contributed by atoms with Crippen LogP contribution in [-0.4, -0.2) is 11.9 Å². The van der Waals surface area contributed by atoms with E-state index in [4.69, 9.17) is 0 Å². The first-order chi connectivity index (χ1) is 9.01. The first-order valence-corrected chi connectivity index (χ1v) is 6.46. The molecule has 1 aromatic rings. The van der Waals surface area contributed by atoms with Crippen molar-refractivity contribution >= 4 is 5.91 Å². The van der Waals surface area contributed by atoms with E-state index in [0.29, 0.717) is 5.92 Å². The quantitative estimate of drug-likeness (QED) is 0.817. The van der Waals surface area contributed by atoms with Crippen LogP contribution in [0.3, 0.4) is 0 Å². The summed E-state index contributed by atoms with van der Waals surface area (Å²) >= 11 is 0. The normalized spacial score (nSPS) is 16.2. The van der Waals surface area contributed by atoms with Crippen molar-refractivity contribution in [2.75, 3.05) is 0 Å². The van der Waals surface area contributed by atoms with Gasteiger partial charge < -0.3 is 5.32 Å². The lowest BCUT2D eigenvalue weighted by Gasteiger charge is -2.16. The molecular weight excluding hydrogens is 255 g/mol. The Kier molecular flexibility index (Phi) is 4.12. The maximum absolute atomic E-state index is 13.0. The smallest absolute Gasteiger partial charge is 0.251 e. The van der Waals surface area contributed by atoms with Crippen LogP contribution >= 0.6 is 0 Å². The lowest BCUT2D eigenvalue weighted by molar-refractivity contribution is 0.0931. The van der Waals surface area contributed by atoms with Crippen LogP contribution < -0.4 is 5.32 Å². The maximum Gasteiger partial charge on any atom is 0.251 e. The Hall–Kier alpha value is -1.52. The molecular formula is C14H16F3NO. The Bertz CT molecular complexity index is 463. The Labute approximate surface area is 110 Å². The molecule has 1 aromatic carbocycles. The number of carbonyl (C=O) groups excluding carboxylic acids is 1. The fourth-order valence-corrected chi connectivity index (χ4v) is 2.04. The highest BCUT2D eigenvalue weighted by Gasteiger charge is 2.26. The highest BCUT2D eigenvalue weighted by atomic mass is 19.2. The van der Waals surface area contributed by atoms with Crippen molar-refractivity contribution < 1.29 is 18.0 Å². The zero-order valence-electron chi connectivity index (χ0n) is 10.7. The van der Waals surface area contributed by atoms with Crippen LogP contribution in [0.4, 0.5) is 13.2 Å². The molecule has 0 bridgehead atoms. The van der Waals surface area contributed by atoms with E-state index >= 15 is 0 Å². The maximum atomic E-state index is 13.0. The fourth-order valence-electron chi connectivity index (χ4n) is 2.04. The highest BCUT2D eigenvalue weighted by molar-refractivity contribution is 5.94. The summed E-state index contributed by atoms with van der Waals surface area (Å²) in [6, 6.07) is 1.44. The molecule has 0 saturated heterocycles. The largest absolute Gasteiger partial charge is 0.349 e. The predicted molar refractivity (Wildman–Crippen MR) is 65.2 cm³/mol. The van der Waals surface area contributed by atoms with Crippen LogP contribution in [0.1, 0.15) is 43.0 Å². The van der Waals surface area contributed by atoms with E-state index in [1.807, 2.05) is 6.92 Å². The number of nitrogens with one attached hydrogen (secondary N) is 1. The van der Waals surface area contributed by atoms with Crippen LogP contribution in [-0.2, 0) is 0 Å². The van der Waals surface area contributed by atoms with Crippen LogP contribution in [0, 0.1) is 23.4 Å². The minimum absolute atomic E-state index is 0.00354. The highest BCUT2D eigenvalue weighted by Crippen LogP contribution is 2.34. The SMILES string of the molecule is CCC(CC1CC1)NC(=O)c1cc(F)c(F)c(F)c1. The van der Waals surface area contributed by atoms with Gasteiger partial charge in [0.15, 0.2) is 17.5 Å². The third-order valence-corrected chi connectivity index (χ3v) is 3.39. The zero-order chi connectivity index (χ0) is 14.0. The molecule has 1 aliphatic rings. The summed E-state index contributed by atoms with van der Waals surface area (Å²) in [5.41, 5.74) is -0.189. The second kappa shape index (κ2) is 5.63. The van der Waals surface area contributed by atoms with Crippen molar-refractivity contribution in [2.24, 2.45) is 5.92 Å². The number of halogens is 3. The molecule has 0 radical (unpaired) electrons. The first kappa shape index (κ1) is 13.9. The van der Waals surface area contributed by atoms with Gasteiger partial charge in [0, 0.05) is 11.6 Å². The van der Waals surface area contributed by atoms with Gasteiger partial charge in [-0.3, -0.25) is 4.79 Å². The molecule has 1 saturated carbocycles. The Balaban J connectivity index is 2.05. The minimum atomic E-state index is -1.55. The molecule has 1 unspecified atom stereocenters. The molecule has 0 spiro atoms. The van der Waals surface area contributed by atoms with Crippen molar-refractivity contribution in [3.05, 3.63) is 35.1 Å². The summed E-state index contributed by atoms with van der Waals surface area (Å²) in [7, 11) is 0. The number of benzene rings is 1. The van der Waals surface area contributed by atoms with Gasteiger partial charge in [-0.15, -0.1) is 0 Å². The summed E-state index contributed by atoms with van der Waals surface area (Å²) in [6.45, 7) is 1.94. The molecule has 104 valence electrons. The van der Waals surface area contributed by atoms with Gasteiger partial charge in [0.1, 0.15) is 0 Å². The molecule has 2 nitrogen and oxygen atoms in total. The van der Waals surface area contributed by atoms with E-state index < -0.39 is 23.4 Å². The van der Waals surface area contributed by atoms with Crippen molar-refractivity contribution in [2.45, 2.75) is 38.6 Å². The molecule has 0 heterocycles.